The first-order valence-corrected chi connectivity index (χ1v) is 10.6. The zero-order valence-electron chi connectivity index (χ0n) is 18.0. The molecule has 0 atom stereocenters. The standard InChI is InChI=1S/C23H23F3N6O2/c24-23(25,26)18-13-17(34-16-6-7-16)8-9-19(18)30-21-22(33)32(12-11-29-21)15-4-1-14(2-5-15)3-10-20(27)31-28/h1-2,4-5,8-9,11-13,16H,3,6-7,10,28H2,(H2,27,31)(H,29,30). The van der Waals surface area contributed by atoms with Crippen LogP contribution in [0, 0.1) is 0 Å². The first kappa shape index (κ1) is 23.1. The van der Waals surface area contributed by atoms with Crippen LogP contribution in [0.2, 0.25) is 0 Å². The van der Waals surface area contributed by atoms with Crippen LogP contribution in [0.25, 0.3) is 5.69 Å². The third kappa shape index (κ3) is 5.48. The Hall–Kier alpha value is -4.02. The number of halogens is 3. The molecule has 1 aliphatic carbocycles. The number of nitrogens with two attached hydrogens (primary N) is 2. The lowest BCUT2D eigenvalue weighted by molar-refractivity contribution is -0.137. The summed E-state index contributed by atoms with van der Waals surface area (Å²) in [6, 6.07) is 10.7. The fourth-order valence-corrected chi connectivity index (χ4v) is 3.31. The molecule has 178 valence electrons. The molecule has 0 unspecified atom stereocenters. The lowest BCUT2D eigenvalue weighted by Crippen LogP contribution is -2.22. The number of aryl methyl sites for hydroxylation is 1. The summed E-state index contributed by atoms with van der Waals surface area (Å²) >= 11 is 0. The molecule has 0 amide bonds. The molecule has 0 radical (unpaired) electrons. The van der Waals surface area contributed by atoms with Crippen molar-refractivity contribution in [3.63, 3.8) is 0 Å². The molecule has 11 heteroatoms. The van der Waals surface area contributed by atoms with E-state index in [9.17, 15) is 18.0 Å². The molecule has 1 saturated carbocycles. The number of hydrazone groups is 1. The van der Waals surface area contributed by atoms with Gasteiger partial charge in [-0.15, -0.1) is 0 Å². The van der Waals surface area contributed by atoms with Crippen molar-refractivity contribution < 1.29 is 17.9 Å². The van der Waals surface area contributed by atoms with Crippen LogP contribution in [0.5, 0.6) is 5.75 Å². The van der Waals surface area contributed by atoms with Gasteiger partial charge in [0.2, 0.25) is 0 Å². The molecule has 34 heavy (non-hydrogen) atoms. The fourth-order valence-electron chi connectivity index (χ4n) is 3.31. The molecule has 2 aromatic carbocycles. The van der Waals surface area contributed by atoms with Crippen LogP contribution in [0.3, 0.4) is 0 Å². The summed E-state index contributed by atoms with van der Waals surface area (Å²) in [5.41, 5.74) is 5.27. The minimum Gasteiger partial charge on any atom is -0.490 e. The number of alkyl halides is 3. The number of ether oxygens (including phenoxy) is 1. The molecule has 1 aliphatic rings. The summed E-state index contributed by atoms with van der Waals surface area (Å²) in [4.78, 5) is 16.9. The first-order chi connectivity index (χ1) is 16.2. The first-order valence-electron chi connectivity index (χ1n) is 10.6. The number of nitrogens with one attached hydrogen (secondary N) is 1. The van der Waals surface area contributed by atoms with Gasteiger partial charge in [-0.25, -0.2) is 4.98 Å². The predicted molar refractivity (Wildman–Crippen MR) is 122 cm³/mol. The van der Waals surface area contributed by atoms with E-state index in [-0.39, 0.29) is 23.4 Å². The highest BCUT2D eigenvalue weighted by molar-refractivity contribution is 5.80. The SMILES string of the molecule is N/N=C(\N)CCc1ccc(-n2ccnc(Nc3ccc(OC4CC4)cc3C(F)(F)F)c2=O)cc1. The maximum Gasteiger partial charge on any atom is 0.418 e. The molecule has 0 spiro atoms. The van der Waals surface area contributed by atoms with Gasteiger partial charge in [-0.3, -0.25) is 9.36 Å². The van der Waals surface area contributed by atoms with Crippen molar-refractivity contribution in [1.82, 2.24) is 9.55 Å². The Kier molecular flexibility index (Phi) is 6.44. The average molecular weight is 472 g/mol. The number of rotatable bonds is 8. The summed E-state index contributed by atoms with van der Waals surface area (Å²) in [7, 11) is 0. The zero-order chi connectivity index (χ0) is 24.3. The lowest BCUT2D eigenvalue weighted by Gasteiger charge is -2.16. The van der Waals surface area contributed by atoms with E-state index in [1.54, 1.807) is 12.1 Å². The van der Waals surface area contributed by atoms with Gasteiger partial charge < -0.3 is 21.6 Å². The largest absolute Gasteiger partial charge is 0.490 e. The normalized spacial score (nSPS) is 14.1. The quantitative estimate of drug-likeness (QED) is 0.199. The molecule has 1 heterocycles. The van der Waals surface area contributed by atoms with Crippen LogP contribution < -0.4 is 27.2 Å². The van der Waals surface area contributed by atoms with E-state index in [0.717, 1.165) is 24.5 Å². The van der Waals surface area contributed by atoms with Gasteiger partial charge in [0.1, 0.15) is 11.6 Å². The van der Waals surface area contributed by atoms with Crippen LogP contribution in [0.1, 0.15) is 30.4 Å². The number of hydrogen-bond donors (Lipinski definition) is 3. The van der Waals surface area contributed by atoms with Crippen LogP contribution >= 0.6 is 0 Å². The van der Waals surface area contributed by atoms with Crippen molar-refractivity contribution in [2.24, 2.45) is 16.7 Å². The molecule has 1 aromatic heterocycles. The van der Waals surface area contributed by atoms with E-state index in [1.807, 2.05) is 12.1 Å². The van der Waals surface area contributed by atoms with E-state index in [2.05, 4.69) is 15.4 Å². The minimum atomic E-state index is -4.65. The van der Waals surface area contributed by atoms with Crippen LogP contribution in [-0.4, -0.2) is 21.5 Å². The number of aromatic nitrogens is 2. The van der Waals surface area contributed by atoms with Gasteiger partial charge in [0.25, 0.3) is 5.56 Å². The van der Waals surface area contributed by atoms with Crippen molar-refractivity contribution in [3.8, 4) is 11.4 Å². The molecule has 4 rings (SSSR count). The van der Waals surface area contributed by atoms with Crippen LogP contribution in [0.4, 0.5) is 24.7 Å². The highest BCUT2D eigenvalue weighted by Crippen LogP contribution is 2.39. The Morgan fingerprint density at radius 2 is 1.94 bits per heavy atom. The fraction of sp³-hybridized carbons (Fsp3) is 0.261. The second-order valence-corrected chi connectivity index (χ2v) is 7.89. The molecule has 0 bridgehead atoms. The van der Waals surface area contributed by atoms with Crippen molar-refractivity contribution in [2.75, 3.05) is 5.32 Å². The number of hydrogen-bond acceptors (Lipinski definition) is 6. The molecule has 8 nitrogen and oxygen atoms in total. The molecule has 0 saturated heterocycles. The van der Waals surface area contributed by atoms with Gasteiger partial charge in [0.05, 0.1) is 17.4 Å². The van der Waals surface area contributed by atoms with Crippen molar-refractivity contribution in [3.05, 3.63) is 76.3 Å². The van der Waals surface area contributed by atoms with Gasteiger partial charge in [0, 0.05) is 24.5 Å². The molecule has 1 fully saturated rings. The Bertz CT molecular complexity index is 1250. The van der Waals surface area contributed by atoms with E-state index >= 15 is 0 Å². The van der Waals surface area contributed by atoms with Gasteiger partial charge in [-0.05, 0) is 55.2 Å². The summed E-state index contributed by atoms with van der Waals surface area (Å²) < 4.78 is 47.8. The van der Waals surface area contributed by atoms with E-state index in [0.29, 0.717) is 24.4 Å². The monoisotopic (exact) mass is 472 g/mol. The summed E-state index contributed by atoms with van der Waals surface area (Å²) in [5, 5.41) is 5.97. The highest BCUT2D eigenvalue weighted by Gasteiger charge is 2.35. The van der Waals surface area contributed by atoms with Crippen LogP contribution in [0.15, 0.2) is 64.8 Å². The van der Waals surface area contributed by atoms with E-state index < -0.39 is 17.3 Å². The summed E-state index contributed by atoms with van der Waals surface area (Å²) in [6.45, 7) is 0. The Morgan fingerprint density at radius 1 is 1.21 bits per heavy atom. The molecular weight excluding hydrogens is 449 g/mol. The Balaban J connectivity index is 1.58. The Labute approximate surface area is 193 Å². The predicted octanol–water partition coefficient (Wildman–Crippen LogP) is 3.70. The zero-order valence-corrected chi connectivity index (χ0v) is 18.0. The van der Waals surface area contributed by atoms with Crippen LogP contribution in [-0.2, 0) is 12.6 Å². The second-order valence-electron chi connectivity index (χ2n) is 7.89. The molecule has 0 aliphatic heterocycles. The third-order valence-corrected chi connectivity index (χ3v) is 5.27. The smallest absolute Gasteiger partial charge is 0.418 e. The van der Waals surface area contributed by atoms with Gasteiger partial charge >= 0.3 is 6.18 Å². The van der Waals surface area contributed by atoms with E-state index in [4.69, 9.17) is 16.3 Å². The Morgan fingerprint density at radius 3 is 2.59 bits per heavy atom. The number of anilines is 2. The highest BCUT2D eigenvalue weighted by atomic mass is 19.4. The van der Waals surface area contributed by atoms with Gasteiger partial charge in [0.15, 0.2) is 5.82 Å². The van der Waals surface area contributed by atoms with Gasteiger partial charge in [-0.1, -0.05) is 12.1 Å². The summed E-state index contributed by atoms with van der Waals surface area (Å²) in [6.07, 6.45) is 0.855. The number of nitrogens with zero attached hydrogens (tertiary/aromatic N) is 3. The number of benzene rings is 2. The second kappa shape index (κ2) is 9.46. The lowest BCUT2D eigenvalue weighted by atomic mass is 10.1. The summed E-state index contributed by atoms with van der Waals surface area (Å²) in [5.74, 6) is 5.36. The maximum absolute atomic E-state index is 13.7. The van der Waals surface area contributed by atoms with E-state index in [1.165, 1.54) is 29.1 Å². The molecular formula is C23H23F3N6O2. The van der Waals surface area contributed by atoms with Crippen molar-refractivity contribution in [2.45, 2.75) is 38.0 Å². The molecule has 3 aromatic rings. The van der Waals surface area contributed by atoms with Gasteiger partial charge in [-0.2, -0.15) is 18.3 Å². The van der Waals surface area contributed by atoms with Crippen molar-refractivity contribution >= 4 is 17.3 Å². The topological polar surface area (TPSA) is 121 Å². The molecule has 5 N–H and O–H groups in total. The average Bonchev–Trinajstić information content (AvgIpc) is 3.63. The third-order valence-electron chi connectivity index (χ3n) is 5.27. The maximum atomic E-state index is 13.7. The number of amidine groups is 1. The van der Waals surface area contributed by atoms with Crippen molar-refractivity contribution in [1.29, 1.82) is 0 Å². The minimum absolute atomic E-state index is 0.0413.